The van der Waals surface area contributed by atoms with Crippen molar-refractivity contribution in [2.24, 2.45) is 0 Å². The van der Waals surface area contributed by atoms with Crippen LogP contribution in [0.15, 0.2) is 72.8 Å². The zero-order chi connectivity index (χ0) is 22.9. The van der Waals surface area contributed by atoms with Crippen LogP contribution in [0, 0.1) is 12.7 Å². The van der Waals surface area contributed by atoms with Gasteiger partial charge >= 0.3 is 0 Å². The van der Waals surface area contributed by atoms with E-state index >= 15 is 0 Å². The van der Waals surface area contributed by atoms with E-state index in [0.29, 0.717) is 5.92 Å². The van der Waals surface area contributed by atoms with Crippen LogP contribution in [-0.4, -0.2) is 36.1 Å². The topological polar surface area (TPSA) is 22.3 Å². The molecule has 0 aliphatic carbocycles. The molecule has 1 unspecified atom stereocenters. The van der Waals surface area contributed by atoms with E-state index in [-0.39, 0.29) is 11.9 Å². The van der Waals surface area contributed by atoms with Crippen molar-refractivity contribution in [3.8, 4) is 0 Å². The minimum absolute atomic E-state index is 0.183. The first kappa shape index (κ1) is 21.7. The SMILES string of the molecule is Cc1[nH]c2ccccc2c1C(c1ccc(C(C)C)cc1)N1CCN(c2ccc(F)cc2)CC1. The van der Waals surface area contributed by atoms with E-state index in [1.165, 1.54) is 33.3 Å². The summed E-state index contributed by atoms with van der Waals surface area (Å²) in [6.45, 7) is 10.4. The number of aromatic nitrogens is 1. The summed E-state index contributed by atoms with van der Waals surface area (Å²) in [7, 11) is 0. The number of fused-ring (bicyclic) bond motifs is 1. The molecular formula is C29H32FN3. The highest BCUT2D eigenvalue weighted by Crippen LogP contribution is 2.37. The first-order valence-corrected chi connectivity index (χ1v) is 11.9. The van der Waals surface area contributed by atoms with Crippen LogP contribution in [0.3, 0.4) is 0 Å². The van der Waals surface area contributed by atoms with Gasteiger partial charge in [-0.2, -0.15) is 0 Å². The number of aryl methyl sites for hydroxylation is 1. The monoisotopic (exact) mass is 441 g/mol. The van der Waals surface area contributed by atoms with Crippen LogP contribution in [0.1, 0.15) is 48.2 Å². The Bertz CT molecular complexity index is 1220. The van der Waals surface area contributed by atoms with Gasteiger partial charge in [0.25, 0.3) is 0 Å². The summed E-state index contributed by atoms with van der Waals surface area (Å²) in [5.74, 6) is 0.337. The number of benzene rings is 3. The van der Waals surface area contributed by atoms with Gasteiger partial charge in [0.05, 0.1) is 6.04 Å². The number of aromatic amines is 1. The third-order valence-electron chi connectivity index (χ3n) is 7.01. The average molecular weight is 442 g/mol. The van der Waals surface area contributed by atoms with Gasteiger partial charge in [-0.25, -0.2) is 4.39 Å². The van der Waals surface area contributed by atoms with Gasteiger partial charge in [0, 0.05) is 54.0 Å². The summed E-state index contributed by atoms with van der Waals surface area (Å²) in [4.78, 5) is 8.58. The Hall–Kier alpha value is -3.11. The first-order chi connectivity index (χ1) is 16.0. The Morgan fingerprint density at radius 2 is 1.42 bits per heavy atom. The van der Waals surface area contributed by atoms with E-state index in [9.17, 15) is 4.39 Å². The third kappa shape index (κ3) is 4.28. The second kappa shape index (κ2) is 9.03. The average Bonchev–Trinajstić information content (AvgIpc) is 3.16. The van der Waals surface area contributed by atoms with Crippen molar-refractivity contribution in [3.63, 3.8) is 0 Å². The molecule has 0 spiro atoms. The summed E-state index contributed by atoms with van der Waals surface area (Å²) >= 11 is 0. The number of nitrogens with zero attached hydrogens (tertiary/aromatic N) is 2. The van der Waals surface area contributed by atoms with Crippen LogP contribution in [0.25, 0.3) is 10.9 Å². The second-order valence-electron chi connectivity index (χ2n) is 9.43. The fraction of sp³-hybridized carbons (Fsp3) is 0.310. The van der Waals surface area contributed by atoms with Gasteiger partial charge in [0.15, 0.2) is 0 Å². The number of para-hydroxylation sites is 1. The number of anilines is 1. The fourth-order valence-corrected chi connectivity index (χ4v) is 5.16. The Labute approximate surface area is 195 Å². The summed E-state index contributed by atoms with van der Waals surface area (Å²) in [6, 6.07) is 24.9. The Morgan fingerprint density at radius 1 is 0.788 bits per heavy atom. The quantitative estimate of drug-likeness (QED) is 0.375. The molecule has 0 radical (unpaired) electrons. The zero-order valence-electron chi connectivity index (χ0n) is 19.7. The van der Waals surface area contributed by atoms with Crippen molar-refractivity contribution in [3.05, 3.63) is 101 Å². The van der Waals surface area contributed by atoms with E-state index < -0.39 is 0 Å². The van der Waals surface area contributed by atoms with E-state index in [1.54, 1.807) is 12.1 Å². The van der Waals surface area contributed by atoms with Crippen molar-refractivity contribution in [1.82, 2.24) is 9.88 Å². The van der Waals surface area contributed by atoms with E-state index in [2.05, 4.69) is 84.1 Å². The first-order valence-electron chi connectivity index (χ1n) is 11.9. The maximum atomic E-state index is 13.4. The third-order valence-corrected chi connectivity index (χ3v) is 7.01. The molecule has 3 aromatic carbocycles. The molecule has 170 valence electrons. The smallest absolute Gasteiger partial charge is 0.123 e. The molecule has 2 heterocycles. The molecule has 1 N–H and O–H groups in total. The van der Waals surface area contributed by atoms with Gasteiger partial charge in [-0.15, -0.1) is 0 Å². The summed E-state index contributed by atoms with van der Waals surface area (Å²) in [5.41, 5.74) is 7.60. The molecule has 4 aromatic rings. The minimum atomic E-state index is -0.183. The van der Waals surface area contributed by atoms with Gasteiger partial charge in [0.1, 0.15) is 5.82 Å². The Kier molecular flexibility index (Phi) is 5.94. The van der Waals surface area contributed by atoms with Crippen LogP contribution in [0.2, 0.25) is 0 Å². The van der Waals surface area contributed by atoms with Crippen LogP contribution in [-0.2, 0) is 0 Å². The molecule has 3 nitrogen and oxygen atoms in total. The molecule has 0 bridgehead atoms. The molecule has 1 fully saturated rings. The maximum absolute atomic E-state index is 13.4. The number of hydrogen-bond donors (Lipinski definition) is 1. The molecule has 1 aliphatic rings. The Balaban J connectivity index is 1.49. The van der Waals surface area contributed by atoms with Crippen molar-refractivity contribution in [2.75, 3.05) is 31.1 Å². The predicted molar refractivity (Wildman–Crippen MR) is 136 cm³/mol. The van der Waals surface area contributed by atoms with Crippen LogP contribution < -0.4 is 4.90 Å². The maximum Gasteiger partial charge on any atom is 0.123 e. The number of hydrogen-bond acceptors (Lipinski definition) is 2. The standard InChI is InChI=1S/C29H32FN3/c1-20(2)22-8-10-23(11-9-22)29(28-21(3)31-27-7-5-4-6-26(27)28)33-18-16-32(17-19-33)25-14-12-24(30)13-15-25/h4-15,20,29,31H,16-19H2,1-3H3. The highest BCUT2D eigenvalue weighted by atomic mass is 19.1. The number of piperazine rings is 1. The van der Waals surface area contributed by atoms with Crippen molar-refractivity contribution >= 4 is 16.6 Å². The number of halogens is 1. The second-order valence-corrected chi connectivity index (χ2v) is 9.43. The summed E-state index contributed by atoms with van der Waals surface area (Å²) in [5, 5.41) is 1.30. The molecule has 33 heavy (non-hydrogen) atoms. The lowest BCUT2D eigenvalue weighted by atomic mass is 9.92. The van der Waals surface area contributed by atoms with Crippen molar-refractivity contribution in [1.29, 1.82) is 0 Å². The van der Waals surface area contributed by atoms with E-state index in [1.807, 2.05) is 12.1 Å². The highest BCUT2D eigenvalue weighted by molar-refractivity contribution is 5.85. The van der Waals surface area contributed by atoms with Gasteiger partial charge < -0.3 is 9.88 Å². The molecule has 1 saturated heterocycles. The molecule has 4 heteroatoms. The summed E-state index contributed by atoms with van der Waals surface area (Å²) < 4.78 is 13.4. The number of H-pyrrole nitrogens is 1. The van der Waals surface area contributed by atoms with Crippen molar-refractivity contribution < 1.29 is 4.39 Å². The minimum Gasteiger partial charge on any atom is -0.369 e. The van der Waals surface area contributed by atoms with Gasteiger partial charge in [-0.3, -0.25) is 4.90 Å². The predicted octanol–water partition coefficient (Wildman–Crippen LogP) is 6.65. The normalized spacial score (nSPS) is 16.0. The lowest BCUT2D eigenvalue weighted by Crippen LogP contribution is -2.48. The highest BCUT2D eigenvalue weighted by Gasteiger charge is 2.30. The largest absolute Gasteiger partial charge is 0.369 e. The molecular weight excluding hydrogens is 409 g/mol. The van der Waals surface area contributed by atoms with Crippen LogP contribution >= 0.6 is 0 Å². The lowest BCUT2D eigenvalue weighted by Gasteiger charge is -2.41. The molecule has 1 aromatic heterocycles. The Morgan fingerprint density at radius 3 is 2.09 bits per heavy atom. The molecule has 5 rings (SSSR count). The lowest BCUT2D eigenvalue weighted by molar-refractivity contribution is 0.213. The fourth-order valence-electron chi connectivity index (χ4n) is 5.16. The van der Waals surface area contributed by atoms with Crippen LogP contribution in [0.5, 0.6) is 0 Å². The molecule has 0 saturated carbocycles. The van der Waals surface area contributed by atoms with Gasteiger partial charge in [-0.1, -0.05) is 56.3 Å². The van der Waals surface area contributed by atoms with Gasteiger partial charge in [0.2, 0.25) is 0 Å². The van der Waals surface area contributed by atoms with Gasteiger partial charge in [-0.05, 0) is 54.3 Å². The molecule has 1 aliphatic heterocycles. The van der Waals surface area contributed by atoms with Crippen molar-refractivity contribution in [2.45, 2.75) is 32.7 Å². The van der Waals surface area contributed by atoms with E-state index in [0.717, 1.165) is 31.9 Å². The number of rotatable bonds is 5. The summed E-state index contributed by atoms with van der Waals surface area (Å²) in [6.07, 6.45) is 0. The van der Waals surface area contributed by atoms with E-state index in [4.69, 9.17) is 0 Å². The van der Waals surface area contributed by atoms with Crippen LogP contribution in [0.4, 0.5) is 10.1 Å². The zero-order valence-corrected chi connectivity index (χ0v) is 19.7. The number of nitrogens with one attached hydrogen (secondary N) is 1. The molecule has 0 amide bonds. The molecule has 1 atom stereocenters.